The number of ether oxygens (including phenoxy) is 1. The van der Waals surface area contributed by atoms with Gasteiger partial charge in [0.05, 0.1) is 0 Å². The first-order valence-electron chi connectivity index (χ1n) is 2.73. The molecular weight excluding hydrogens is 148 g/mol. The van der Waals surface area contributed by atoms with E-state index in [4.69, 9.17) is 4.74 Å². The van der Waals surface area contributed by atoms with Crippen LogP contribution in [0.5, 0.6) is 0 Å². The zero-order valence-electron chi connectivity index (χ0n) is 5.45. The predicted octanol–water partition coefficient (Wildman–Crippen LogP) is 0.852. The van der Waals surface area contributed by atoms with Crippen molar-refractivity contribution in [3.05, 3.63) is 0 Å². The summed E-state index contributed by atoms with van der Waals surface area (Å²) in [4.78, 5) is 0. The molecule has 1 fully saturated rings. The Morgan fingerprint density at radius 3 is 1.40 bits per heavy atom. The van der Waals surface area contributed by atoms with E-state index in [-0.39, 0.29) is 5.48 Å². The molecule has 6 heteroatoms. The largest absolute Gasteiger partial charge is 0.762 e. The molecule has 0 radical (unpaired) electrons. The molecule has 1 saturated heterocycles. The SMILES string of the molecule is C1CCOC1.FB(F)F.O. The van der Waals surface area contributed by atoms with Gasteiger partial charge in [0.2, 0.25) is 0 Å². The van der Waals surface area contributed by atoms with Crippen LogP contribution < -0.4 is 0 Å². The first kappa shape index (κ1) is 12.5. The second-order valence-corrected chi connectivity index (χ2v) is 1.57. The van der Waals surface area contributed by atoms with E-state index in [0.717, 1.165) is 13.2 Å². The Hall–Kier alpha value is -0.225. The predicted molar refractivity (Wildman–Crippen MR) is 32.7 cm³/mol. The summed E-state index contributed by atoms with van der Waals surface area (Å²) < 4.78 is 33.9. The zero-order chi connectivity index (χ0) is 7.11. The molecule has 1 aliphatic rings. The molecular formula is C4H10BF3O2. The molecule has 10 heavy (non-hydrogen) atoms. The fourth-order valence-electron chi connectivity index (χ4n) is 0.510. The lowest BCUT2D eigenvalue weighted by Gasteiger charge is -1.76. The highest BCUT2D eigenvalue weighted by Crippen LogP contribution is 1.98. The standard InChI is InChI=1S/C4H8O.BF3.H2O/c1-2-4-5-3-1;2-1(3)4;/h1-4H2;;1H2. The van der Waals surface area contributed by atoms with E-state index in [1.807, 2.05) is 0 Å². The highest BCUT2D eigenvalue weighted by Gasteiger charge is 2.06. The van der Waals surface area contributed by atoms with E-state index in [2.05, 4.69) is 0 Å². The lowest BCUT2D eigenvalue weighted by atomic mass is 10.4. The van der Waals surface area contributed by atoms with Gasteiger partial charge >= 0.3 is 7.54 Å². The van der Waals surface area contributed by atoms with Gasteiger partial charge in [0, 0.05) is 13.2 Å². The maximum absolute atomic E-state index is 9.67. The summed E-state index contributed by atoms with van der Waals surface area (Å²) in [6.45, 7) is 2.00. The molecule has 1 heterocycles. The molecule has 62 valence electrons. The van der Waals surface area contributed by atoms with Gasteiger partial charge in [-0.05, 0) is 12.8 Å². The third kappa shape index (κ3) is 15.7. The highest BCUT2D eigenvalue weighted by molar-refractivity contribution is 6.33. The van der Waals surface area contributed by atoms with Crippen molar-refractivity contribution < 1.29 is 23.2 Å². The van der Waals surface area contributed by atoms with Crippen LogP contribution in [-0.2, 0) is 4.74 Å². The molecule has 0 aromatic rings. The summed E-state index contributed by atoms with van der Waals surface area (Å²) in [5.41, 5.74) is 0. The van der Waals surface area contributed by atoms with E-state index >= 15 is 0 Å². The third-order valence-corrected chi connectivity index (χ3v) is 0.827. The number of halogens is 3. The molecule has 1 aliphatic heterocycles. The molecule has 2 nitrogen and oxygen atoms in total. The summed E-state index contributed by atoms with van der Waals surface area (Å²) in [5, 5.41) is 0. The van der Waals surface area contributed by atoms with Gasteiger partial charge in [-0.1, -0.05) is 0 Å². The quantitative estimate of drug-likeness (QED) is 0.481. The average molecular weight is 158 g/mol. The van der Waals surface area contributed by atoms with Crippen LogP contribution >= 0.6 is 0 Å². The van der Waals surface area contributed by atoms with Gasteiger partial charge in [0.25, 0.3) is 0 Å². The highest BCUT2D eigenvalue weighted by atomic mass is 19.4. The van der Waals surface area contributed by atoms with Crippen LogP contribution in [0.25, 0.3) is 0 Å². The van der Waals surface area contributed by atoms with Crippen molar-refractivity contribution in [2.24, 2.45) is 0 Å². The van der Waals surface area contributed by atoms with Crippen LogP contribution in [0.15, 0.2) is 0 Å². The first-order chi connectivity index (χ1) is 4.23. The van der Waals surface area contributed by atoms with Crippen LogP contribution in [0.1, 0.15) is 12.8 Å². The maximum Gasteiger partial charge on any atom is 0.762 e. The molecule has 0 unspecified atom stereocenters. The lowest BCUT2D eigenvalue weighted by Crippen LogP contribution is -1.76. The van der Waals surface area contributed by atoms with E-state index in [0.29, 0.717) is 0 Å². The van der Waals surface area contributed by atoms with Gasteiger partial charge in [0.15, 0.2) is 0 Å². The number of hydrogen-bond donors (Lipinski definition) is 0. The van der Waals surface area contributed by atoms with Crippen molar-refractivity contribution >= 4 is 7.54 Å². The minimum Gasteiger partial charge on any atom is -0.412 e. The van der Waals surface area contributed by atoms with Crippen LogP contribution in [0, 0.1) is 0 Å². The Morgan fingerprint density at radius 1 is 1.00 bits per heavy atom. The van der Waals surface area contributed by atoms with Crippen molar-refractivity contribution in [3.63, 3.8) is 0 Å². The smallest absolute Gasteiger partial charge is 0.412 e. The van der Waals surface area contributed by atoms with E-state index in [1.165, 1.54) is 12.8 Å². The van der Waals surface area contributed by atoms with Gasteiger partial charge in [-0.2, -0.15) is 0 Å². The second-order valence-electron chi connectivity index (χ2n) is 1.57. The Morgan fingerprint density at radius 2 is 1.30 bits per heavy atom. The summed E-state index contributed by atoms with van der Waals surface area (Å²) >= 11 is 0. The zero-order valence-corrected chi connectivity index (χ0v) is 5.45. The van der Waals surface area contributed by atoms with Gasteiger partial charge in [0.1, 0.15) is 0 Å². The minimum absolute atomic E-state index is 0. The fourth-order valence-corrected chi connectivity index (χ4v) is 0.510. The van der Waals surface area contributed by atoms with E-state index in [1.54, 1.807) is 0 Å². The molecule has 0 spiro atoms. The summed E-state index contributed by atoms with van der Waals surface area (Å²) in [7, 11) is -3.67. The van der Waals surface area contributed by atoms with Crippen molar-refractivity contribution in [1.82, 2.24) is 0 Å². The first-order valence-corrected chi connectivity index (χ1v) is 2.73. The molecule has 0 bridgehead atoms. The Balaban J connectivity index is 0. The topological polar surface area (TPSA) is 40.7 Å². The van der Waals surface area contributed by atoms with Crippen LogP contribution in [0.2, 0.25) is 0 Å². The second kappa shape index (κ2) is 8.77. The van der Waals surface area contributed by atoms with Crippen molar-refractivity contribution in [2.45, 2.75) is 12.8 Å². The van der Waals surface area contributed by atoms with Crippen molar-refractivity contribution in [3.8, 4) is 0 Å². The monoisotopic (exact) mass is 158 g/mol. The molecule has 0 atom stereocenters. The van der Waals surface area contributed by atoms with Crippen molar-refractivity contribution in [1.29, 1.82) is 0 Å². The summed E-state index contributed by atoms with van der Waals surface area (Å²) in [6.07, 6.45) is 2.56. The molecule has 0 aromatic heterocycles. The van der Waals surface area contributed by atoms with Crippen LogP contribution in [0.3, 0.4) is 0 Å². The number of hydrogen-bond acceptors (Lipinski definition) is 1. The molecule has 0 amide bonds. The molecule has 0 aromatic carbocycles. The van der Waals surface area contributed by atoms with Crippen molar-refractivity contribution in [2.75, 3.05) is 13.2 Å². The Bertz CT molecular complexity index is 50.1. The van der Waals surface area contributed by atoms with Crippen LogP contribution in [-0.4, -0.2) is 26.2 Å². The van der Waals surface area contributed by atoms with Gasteiger partial charge in [-0.25, -0.2) is 0 Å². The Labute approximate surface area is 57.9 Å². The number of rotatable bonds is 0. The minimum atomic E-state index is -3.67. The van der Waals surface area contributed by atoms with Gasteiger partial charge in [-0.3, -0.25) is 12.9 Å². The summed E-state index contributed by atoms with van der Waals surface area (Å²) in [5.74, 6) is 0. The van der Waals surface area contributed by atoms with Gasteiger partial charge < -0.3 is 10.2 Å². The fraction of sp³-hybridized carbons (Fsp3) is 1.00. The molecule has 0 saturated carbocycles. The third-order valence-electron chi connectivity index (χ3n) is 0.827. The molecule has 2 N–H and O–H groups in total. The van der Waals surface area contributed by atoms with Crippen LogP contribution in [0.4, 0.5) is 12.9 Å². The average Bonchev–Trinajstić information content (AvgIpc) is 2.11. The van der Waals surface area contributed by atoms with E-state index in [9.17, 15) is 12.9 Å². The normalized spacial score (nSPS) is 14.7. The maximum atomic E-state index is 9.67. The lowest BCUT2D eigenvalue weighted by molar-refractivity contribution is 0.198. The van der Waals surface area contributed by atoms with E-state index < -0.39 is 7.54 Å². The summed E-state index contributed by atoms with van der Waals surface area (Å²) in [6, 6.07) is 0. The molecule has 1 rings (SSSR count). The molecule has 0 aliphatic carbocycles. The van der Waals surface area contributed by atoms with Gasteiger partial charge in [-0.15, -0.1) is 0 Å². The Kier molecular flexibility index (Phi) is 10.9.